The van der Waals surface area contributed by atoms with Crippen LogP contribution in [-0.4, -0.2) is 22.6 Å². The lowest BCUT2D eigenvalue weighted by Crippen LogP contribution is -2.29. The molecule has 0 aromatic carbocycles. The summed E-state index contributed by atoms with van der Waals surface area (Å²) in [5.74, 6) is 0.456. The molecule has 5 nitrogen and oxygen atoms in total. The minimum Gasteiger partial charge on any atom is -0.388 e. The number of hydrogen-bond donors (Lipinski definition) is 1. The molecule has 1 aromatic rings. The Morgan fingerprint density at radius 2 is 2.16 bits per heavy atom. The average Bonchev–Trinajstić information content (AvgIpc) is 3.03. The third-order valence-corrected chi connectivity index (χ3v) is 4.46. The molecule has 0 aliphatic heterocycles. The maximum atomic E-state index is 11.2. The predicted octanol–water partition coefficient (Wildman–Crippen LogP) is 3.33. The first-order valence-electron chi connectivity index (χ1n) is 6.63. The number of rotatable bonds is 6. The molecule has 0 bridgehead atoms. The zero-order valence-electron chi connectivity index (χ0n) is 11.5. The van der Waals surface area contributed by atoms with Crippen LogP contribution < -0.4 is 4.90 Å². The number of anilines is 1. The summed E-state index contributed by atoms with van der Waals surface area (Å²) in [7, 11) is 0. The van der Waals surface area contributed by atoms with Crippen molar-refractivity contribution >= 4 is 22.0 Å². The molecular formula is C13H20N2O3S. The summed E-state index contributed by atoms with van der Waals surface area (Å²) in [4.78, 5) is 13.7. The van der Waals surface area contributed by atoms with E-state index >= 15 is 0 Å². The molecule has 6 heteroatoms. The van der Waals surface area contributed by atoms with Crippen LogP contribution in [0.15, 0.2) is 6.07 Å². The molecule has 2 rings (SSSR count). The van der Waals surface area contributed by atoms with Crippen molar-refractivity contribution in [2.75, 3.05) is 11.4 Å². The van der Waals surface area contributed by atoms with Gasteiger partial charge in [-0.2, -0.15) is 0 Å². The Kier molecular flexibility index (Phi) is 4.10. The van der Waals surface area contributed by atoms with Crippen LogP contribution in [0.1, 0.15) is 44.6 Å². The van der Waals surface area contributed by atoms with Crippen LogP contribution in [0.25, 0.3) is 0 Å². The Morgan fingerprint density at radius 1 is 1.53 bits per heavy atom. The van der Waals surface area contributed by atoms with Crippen LogP contribution in [0.5, 0.6) is 0 Å². The van der Waals surface area contributed by atoms with Crippen molar-refractivity contribution in [2.24, 2.45) is 5.92 Å². The molecule has 1 atom stereocenters. The first-order chi connectivity index (χ1) is 8.90. The third kappa shape index (κ3) is 3.25. The van der Waals surface area contributed by atoms with E-state index in [1.54, 1.807) is 6.92 Å². The zero-order valence-corrected chi connectivity index (χ0v) is 12.3. The molecule has 0 saturated heterocycles. The van der Waals surface area contributed by atoms with Crippen LogP contribution in [0.3, 0.4) is 0 Å². The minimum absolute atomic E-state index is 0.133. The lowest BCUT2D eigenvalue weighted by atomic mass is 10.2. The molecule has 1 N–H and O–H groups in total. The Hall–Kier alpha value is -1.14. The molecule has 1 fully saturated rings. The minimum atomic E-state index is -0.655. The van der Waals surface area contributed by atoms with E-state index in [2.05, 4.69) is 18.7 Å². The van der Waals surface area contributed by atoms with Crippen molar-refractivity contribution in [3.63, 3.8) is 0 Å². The molecule has 0 amide bonds. The van der Waals surface area contributed by atoms with Crippen molar-refractivity contribution in [1.29, 1.82) is 0 Å². The van der Waals surface area contributed by atoms with Crippen LogP contribution in [0.4, 0.5) is 10.7 Å². The van der Waals surface area contributed by atoms with Crippen LogP contribution in [0, 0.1) is 16.0 Å². The van der Waals surface area contributed by atoms with Gasteiger partial charge in [-0.05, 0) is 25.7 Å². The van der Waals surface area contributed by atoms with Crippen LogP contribution in [0.2, 0.25) is 0 Å². The topological polar surface area (TPSA) is 66.6 Å². The largest absolute Gasteiger partial charge is 0.388 e. The van der Waals surface area contributed by atoms with E-state index in [0.29, 0.717) is 21.8 Å². The van der Waals surface area contributed by atoms with Crippen molar-refractivity contribution in [3.05, 3.63) is 21.1 Å². The van der Waals surface area contributed by atoms with Gasteiger partial charge in [-0.1, -0.05) is 13.8 Å². The molecule has 1 saturated carbocycles. The van der Waals surface area contributed by atoms with E-state index in [0.717, 1.165) is 19.4 Å². The smallest absolute Gasteiger partial charge is 0.304 e. The summed E-state index contributed by atoms with van der Waals surface area (Å²) in [6.45, 7) is 6.70. The lowest BCUT2D eigenvalue weighted by Gasteiger charge is -2.24. The second-order valence-electron chi connectivity index (χ2n) is 5.55. The fraction of sp³-hybridized carbons (Fsp3) is 0.692. The van der Waals surface area contributed by atoms with Gasteiger partial charge in [-0.25, -0.2) is 0 Å². The standard InChI is InChI=1S/C13H20N2O3S/c1-8(2)7-14(10-4-5-10)13-11(15(17)18)6-12(19-13)9(3)16/h6,8-10,16H,4-5,7H2,1-3H3. The van der Waals surface area contributed by atoms with Gasteiger partial charge < -0.3 is 10.0 Å². The molecular weight excluding hydrogens is 264 g/mol. The Labute approximate surface area is 117 Å². The summed E-state index contributed by atoms with van der Waals surface area (Å²) in [5, 5.41) is 21.5. The highest BCUT2D eigenvalue weighted by molar-refractivity contribution is 7.16. The molecule has 19 heavy (non-hydrogen) atoms. The SMILES string of the molecule is CC(C)CN(c1sc(C(C)O)cc1[N+](=O)[O-])C1CC1. The van der Waals surface area contributed by atoms with Crippen molar-refractivity contribution in [2.45, 2.75) is 45.8 Å². The fourth-order valence-corrected chi connectivity index (χ4v) is 3.25. The van der Waals surface area contributed by atoms with Gasteiger partial charge in [0.25, 0.3) is 0 Å². The Balaban J connectivity index is 2.36. The number of aliphatic hydroxyl groups is 1. The molecule has 1 aliphatic rings. The number of nitrogens with zero attached hydrogens (tertiary/aromatic N) is 2. The molecule has 1 aliphatic carbocycles. The van der Waals surface area contributed by atoms with Crippen molar-refractivity contribution in [1.82, 2.24) is 0 Å². The maximum Gasteiger partial charge on any atom is 0.304 e. The Bertz CT molecular complexity index is 466. The average molecular weight is 284 g/mol. The summed E-state index contributed by atoms with van der Waals surface area (Å²) in [6, 6.07) is 1.95. The first kappa shape index (κ1) is 14.3. The van der Waals surface area contributed by atoms with Gasteiger partial charge >= 0.3 is 5.69 Å². The van der Waals surface area contributed by atoms with E-state index in [-0.39, 0.29) is 10.6 Å². The second-order valence-corrected chi connectivity index (χ2v) is 6.61. The molecule has 1 unspecified atom stereocenters. The molecule has 0 spiro atoms. The Morgan fingerprint density at radius 3 is 2.58 bits per heavy atom. The first-order valence-corrected chi connectivity index (χ1v) is 7.44. The van der Waals surface area contributed by atoms with Gasteiger partial charge in [0.05, 0.1) is 11.0 Å². The molecule has 1 aromatic heterocycles. The van der Waals surface area contributed by atoms with Gasteiger partial charge in [0.1, 0.15) is 0 Å². The van der Waals surface area contributed by atoms with Crippen molar-refractivity contribution < 1.29 is 10.0 Å². The molecule has 1 heterocycles. The number of hydrogen-bond acceptors (Lipinski definition) is 5. The normalized spacial score (nSPS) is 16.7. The van der Waals surface area contributed by atoms with Gasteiger partial charge in [-0.3, -0.25) is 10.1 Å². The van der Waals surface area contributed by atoms with Gasteiger partial charge in [-0.15, -0.1) is 11.3 Å². The highest BCUT2D eigenvalue weighted by Crippen LogP contribution is 2.44. The second kappa shape index (κ2) is 5.46. The van der Waals surface area contributed by atoms with E-state index in [1.807, 2.05) is 0 Å². The summed E-state index contributed by atoms with van der Waals surface area (Å²) >= 11 is 1.35. The fourth-order valence-electron chi connectivity index (χ4n) is 2.11. The molecule has 106 valence electrons. The van der Waals surface area contributed by atoms with E-state index in [9.17, 15) is 15.2 Å². The third-order valence-electron chi connectivity index (χ3n) is 3.13. The number of nitro groups is 1. The predicted molar refractivity (Wildman–Crippen MR) is 76.8 cm³/mol. The van der Waals surface area contributed by atoms with E-state index in [1.165, 1.54) is 17.4 Å². The summed E-state index contributed by atoms with van der Waals surface area (Å²) in [5.41, 5.74) is 0.133. The maximum absolute atomic E-state index is 11.2. The monoisotopic (exact) mass is 284 g/mol. The molecule has 0 radical (unpaired) electrons. The lowest BCUT2D eigenvalue weighted by molar-refractivity contribution is -0.383. The van der Waals surface area contributed by atoms with Crippen LogP contribution >= 0.6 is 11.3 Å². The van der Waals surface area contributed by atoms with E-state index < -0.39 is 6.10 Å². The number of thiophene rings is 1. The van der Waals surface area contributed by atoms with Crippen LogP contribution in [-0.2, 0) is 0 Å². The highest BCUT2D eigenvalue weighted by Gasteiger charge is 2.35. The van der Waals surface area contributed by atoms with Gasteiger partial charge in [0, 0.05) is 23.5 Å². The van der Waals surface area contributed by atoms with E-state index in [4.69, 9.17) is 0 Å². The number of aliphatic hydroxyl groups excluding tert-OH is 1. The van der Waals surface area contributed by atoms with Gasteiger partial charge in [0.2, 0.25) is 0 Å². The van der Waals surface area contributed by atoms with Gasteiger partial charge in [0.15, 0.2) is 5.00 Å². The highest BCUT2D eigenvalue weighted by atomic mass is 32.1. The summed E-state index contributed by atoms with van der Waals surface area (Å²) < 4.78 is 0. The summed E-state index contributed by atoms with van der Waals surface area (Å²) in [6.07, 6.45) is 1.55. The van der Waals surface area contributed by atoms with Crippen molar-refractivity contribution in [3.8, 4) is 0 Å². The zero-order chi connectivity index (χ0) is 14.2. The quantitative estimate of drug-likeness (QED) is 0.642.